The molecule has 1 heterocycles. The van der Waals surface area contributed by atoms with Crippen LogP contribution in [0.1, 0.15) is 11.4 Å². The van der Waals surface area contributed by atoms with Crippen LogP contribution < -0.4 is 11.2 Å². The highest BCUT2D eigenvalue weighted by molar-refractivity contribution is 6.30. The third kappa shape index (κ3) is 2.26. The highest BCUT2D eigenvalue weighted by atomic mass is 35.5. The zero-order valence-corrected chi connectivity index (χ0v) is 10.4. The molecule has 5 nitrogen and oxygen atoms in total. The van der Waals surface area contributed by atoms with Crippen molar-refractivity contribution in [2.45, 2.75) is 6.92 Å². The van der Waals surface area contributed by atoms with E-state index in [-0.39, 0.29) is 17.0 Å². The lowest BCUT2D eigenvalue weighted by Crippen LogP contribution is -2.27. The lowest BCUT2D eigenvalue weighted by Gasteiger charge is -2.10. The fourth-order valence-electron chi connectivity index (χ4n) is 1.58. The van der Waals surface area contributed by atoms with Gasteiger partial charge in [0.15, 0.2) is 5.69 Å². The maximum atomic E-state index is 11.6. The molecule has 0 bridgehead atoms. The number of aromatic nitrogens is 2. The Morgan fingerprint density at radius 3 is 2.56 bits per heavy atom. The van der Waals surface area contributed by atoms with Crippen molar-refractivity contribution < 1.29 is 0 Å². The lowest BCUT2D eigenvalue weighted by atomic mass is 10.2. The molecule has 0 aliphatic heterocycles. The summed E-state index contributed by atoms with van der Waals surface area (Å²) < 4.78 is 1.55. The number of halogens is 1. The minimum absolute atomic E-state index is 0.0597. The molecule has 0 unspecified atom stereocenters. The normalized spacial score (nSPS) is 10.3. The van der Waals surface area contributed by atoms with Crippen LogP contribution in [0.3, 0.4) is 0 Å². The topological polar surface area (TPSA) is 84.8 Å². The Bertz CT molecular complexity index is 661. The van der Waals surface area contributed by atoms with Crippen molar-refractivity contribution in [3.8, 4) is 5.69 Å². The quantitative estimate of drug-likeness (QED) is 0.635. The second-order valence-electron chi connectivity index (χ2n) is 3.80. The molecule has 0 atom stereocenters. The molecule has 2 aromatic rings. The first-order valence-corrected chi connectivity index (χ1v) is 5.58. The average molecular weight is 263 g/mol. The number of nitrogens with one attached hydrogen (secondary N) is 1. The molecule has 0 fully saturated rings. The van der Waals surface area contributed by atoms with E-state index in [9.17, 15) is 4.79 Å². The predicted octanol–water partition coefficient (Wildman–Crippen LogP) is 1.48. The third-order valence-electron chi connectivity index (χ3n) is 2.43. The van der Waals surface area contributed by atoms with Crippen molar-refractivity contribution in [1.82, 2.24) is 9.78 Å². The van der Waals surface area contributed by atoms with Gasteiger partial charge in [-0.3, -0.25) is 10.2 Å². The third-order valence-corrected chi connectivity index (χ3v) is 2.69. The number of nitrogens with two attached hydrogens (primary N) is 1. The molecular weight excluding hydrogens is 252 g/mol. The summed E-state index contributed by atoms with van der Waals surface area (Å²) in [5, 5.41) is 12.0. The standard InChI is InChI=1S/C12H11ClN4O/c1-7-6-10(18)11(12(14)15)16-17(7)9-4-2-8(13)3-5-9/h2-6H,1H3,(H3,14,15). The van der Waals surface area contributed by atoms with E-state index in [1.807, 2.05) is 0 Å². The van der Waals surface area contributed by atoms with Gasteiger partial charge < -0.3 is 5.73 Å². The van der Waals surface area contributed by atoms with Gasteiger partial charge in [-0.05, 0) is 31.2 Å². The number of benzene rings is 1. The summed E-state index contributed by atoms with van der Waals surface area (Å²) in [6.45, 7) is 1.76. The van der Waals surface area contributed by atoms with Gasteiger partial charge in [0.25, 0.3) is 0 Å². The molecular formula is C12H11ClN4O. The SMILES string of the molecule is Cc1cc(=O)c(C(=N)N)nn1-c1ccc(Cl)cc1. The summed E-state index contributed by atoms with van der Waals surface area (Å²) in [6, 6.07) is 8.40. The summed E-state index contributed by atoms with van der Waals surface area (Å²) >= 11 is 5.81. The molecule has 0 radical (unpaired) electrons. The first-order chi connectivity index (χ1) is 8.49. The Morgan fingerprint density at radius 2 is 2.00 bits per heavy atom. The first kappa shape index (κ1) is 12.3. The van der Waals surface area contributed by atoms with Crippen LogP contribution in [0.25, 0.3) is 5.69 Å². The first-order valence-electron chi connectivity index (χ1n) is 5.20. The fourth-order valence-corrected chi connectivity index (χ4v) is 1.70. The lowest BCUT2D eigenvalue weighted by molar-refractivity contribution is 0.792. The number of nitrogens with zero attached hydrogens (tertiary/aromatic N) is 2. The van der Waals surface area contributed by atoms with Gasteiger partial charge in [-0.25, -0.2) is 4.68 Å². The van der Waals surface area contributed by atoms with Gasteiger partial charge in [-0.15, -0.1) is 0 Å². The van der Waals surface area contributed by atoms with Gasteiger partial charge in [0.2, 0.25) is 5.43 Å². The molecule has 3 N–H and O–H groups in total. The molecule has 1 aromatic heterocycles. The van der Waals surface area contributed by atoms with Crippen LogP contribution in [-0.2, 0) is 0 Å². The zero-order chi connectivity index (χ0) is 13.3. The van der Waals surface area contributed by atoms with E-state index in [1.165, 1.54) is 6.07 Å². The molecule has 0 aliphatic carbocycles. The zero-order valence-electron chi connectivity index (χ0n) is 9.64. The Labute approximate surface area is 108 Å². The molecule has 0 amide bonds. The van der Waals surface area contributed by atoms with Gasteiger partial charge >= 0.3 is 0 Å². The maximum Gasteiger partial charge on any atom is 0.211 e. The van der Waals surface area contributed by atoms with Crippen molar-refractivity contribution in [3.63, 3.8) is 0 Å². The van der Waals surface area contributed by atoms with Crippen LogP contribution in [0.15, 0.2) is 35.1 Å². The minimum atomic E-state index is -0.356. The van der Waals surface area contributed by atoms with Crippen LogP contribution in [0.2, 0.25) is 5.02 Å². The molecule has 1 aromatic carbocycles. The predicted molar refractivity (Wildman–Crippen MR) is 70.6 cm³/mol. The monoisotopic (exact) mass is 262 g/mol. The Morgan fingerprint density at radius 1 is 1.39 bits per heavy atom. The number of nitrogen functional groups attached to an aromatic ring is 1. The number of hydrogen-bond donors (Lipinski definition) is 2. The van der Waals surface area contributed by atoms with E-state index in [1.54, 1.807) is 35.9 Å². The van der Waals surface area contributed by atoms with E-state index >= 15 is 0 Å². The van der Waals surface area contributed by atoms with Gasteiger partial charge in [-0.2, -0.15) is 5.10 Å². The average Bonchev–Trinajstić information content (AvgIpc) is 2.30. The molecule has 0 spiro atoms. The summed E-state index contributed by atoms with van der Waals surface area (Å²) in [6.07, 6.45) is 0. The summed E-state index contributed by atoms with van der Waals surface area (Å²) in [5.74, 6) is -0.345. The fraction of sp³-hybridized carbons (Fsp3) is 0.0833. The molecule has 0 saturated heterocycles. The molecule has 18 heavy (non-hydrogen) atoms. The van der Waals surface area contributed by atoms with Crippen molar-refractivity contribution >= 4 is 17.4 Å². The number of amidine groups is 1. The molecule has 92 valence electrons. The van der Waals surface area contributed by atoms with Gasteiger partial charge in [-0.1, -0.05) is 11.6 Å². The minimum Gasteiger partial charge on any atom is -0.382 e. The highest BCUT2D eigenvalue weighted by Gasteiger charge is 2.09. The number of aryl methyl sites for hydroxylation is 1. The molecule has 6 heteroatoms. The van der Waals surface area contributed by atoms with E-state index in [2.05, 4.69) is 5.10 Å². The number of hydrogen-bond acceptors (Lipinski definition) is 3. The molecule has 0 aliphatic rings. The largest absolute Gasteiger partial charge is 0.382 e. The van der Waals surface area contributed by atoms with E-state index in [4.69, 9.17) is 22.7 Å². The summed E-state index contributed by atoms with van der Waals surface area (Å²) in [7, 11) is 0. The van der Waals surface area contributed by atoms with Crippen LogP contribution in [0.5, 0.6) is 0 Å². The van der Waals surface area contributed by atoms with Crippen LogP contribution >= 0.6 is 11.6 Å². The van der Waals surface area contributed by atoms with Crippen molar-refractivity contribution in [1.29, 1.82) is 5.41 Å². The Balaban J connectivity index is 2.64. The van der Waals surface area contributed by atoms with Gasteiger partial charge in [0.1, 0.15) is 5.84 Å². The Kier molecular flexibility index (Phi) is 3.16. The van der Waals surface area contributed by atoms with E-state index < -0.39 is 0 Å². The van der Waals surface area contributed by atoms with Crippen molar-refractivity contribution in [2.24, 2.45) is 5.73 Å². The van der Waals surface area contributed by atoms with Crippen LogP contribution in [-0.4, -0.2) is 15.6 Å². The Hall–Kier alpha value is -2.14. The smallest absolute Gasteiger partial charge is 0.211 e. The van der Waals surface area contributed by atoms with Gasteiger partial charge in [0, 0.05) is 16.8 Å². The van der Waals surface area contributed by atoms with Gasteiger partial charge in [0.05, 0.1) is 5.69 Å². The second kappa shape index (κ2) is 4.62. The molecule has 2 rings (SSSR count). The van der Waals surface area contributed by atoms with E-state index in [0.717, 1.165) is 5.69 Å². The van der Waals surface area contributed by atoms with Crippen LogP contribution in [0.4, 0.5) is 0 Å². The highest BCUT2D eigenvalue weighted by Crippen LogP contribution is 2.13. The van der Waals surface area contributed by atoms with Crippen LogP contribution in [0, 0.1) is 12.3 Å². The molecule has 0 saturated carbocycles. The summed E-state index contributed by atoms with van der Waals surface area (Å²) in [5.41, 5.74) is 6.32. The number of rotatable bonds is 2. The summed E-state index contributed by atoms with van der Waals surface area (Å²) in [4.78, 5) is 11.6. The van der Waals surface area contributed by atoms with Crippen molar-refractivity contribution in [3.05, 3.63) is 57.0 Å². The van der Waals surface area contributed by atoms with Crippen molar-refractivity contribution in [2.75, 3.05) is 0 Å². The second-order valence-corrected chi connectivity index (χ2v) is 4.24. The van der Waals surface area contributed by atoms with E-state index in [0.29, 0.717) is 10.7 Å². The maximum absolute atomic E-state index is 11.6.